The van der Waals surface area contributed by atoms with E-state index in [2.05, 4.69) is 9.40 Å². The number of phenolic OH excluding ortho intramolecular Hbond substituents is 1. The van der Waals surface area contributed by atoms with Gasteiger partial charge in [0.15, 0.2) is 0 Å². The summed E-state index contributed by atoms with van der Waals surface area (Å²) in [4.78, 5) is 0. The Morgan fingerprint density at radius 2 is 2.31 bits per heavy atom. The summed E-state index contributed by atoms with van der Waals surface area (Å²) >= 11 is -0.0295. The predicted molar refractivity (Wildman–Crippen MR) is 59.3 cm³/mol. The van der Waals surface area contributed by atoms with Crippen molar-refractivity contribution in [3.63, 3.8) is 0 Å². The Balaban J connectivity index is 2.18. The Kier molecular flexibility index (Phi) is 3.83. The van der Waals surface area contributed by atoms with Crippen LogP contribution in [0.2, 0.25) is 0 Å². The van der Waals surface area contributed by atoms with Crippen molar-refractivity contribution in [3.05, 3.63) is 31.4 Å². The van der Waals surface area contributed by atoms with Gasteiger partial charge < -0.3 is 0 Å². The fourth-order valence-electron chi connectivity index (χ4n) is 1.70. The van der Waals surface area contributed by atoms with E-state index in [1.54, 1.807) is 13.2 Å². The normalized spacial score (nSPS) is 16.2. The van der Waals surface area contributed by atoms with Gasteiger partial charge in [-0.1, -0.05) is 0 Å². The SMILES string of the molecule is CNC(CC1=C[I-]c2ccc(O)cc21)OC. The molecule has 0 spiro atoms. The number of halogens is 1. The third-order valence-electron chi connectivity index (χ3n) is 2.61. The van der Waals surface area contributed by atoms with E-state index in [-0.39, 0.29) is 27.4 Å². The van der Waals surface area contributed by atoms with Gasteiger partial charge in [0.2, 0.25) is 0 Å². The van der Waals surface area contributed by atoms with Crippen LogP contribution in [0.25, 0.3) is 5.57 Å². The Hall–Kier alpha value is -0.590. The van der Waals surface area contributed by atoms with Gasteiger partial charge in [-0.2, -0.15) is 0 Å². The number of ether oxygens (including phenoxy) is 1. The number of hydrogen-bond acceptors (Lipinski definition) is 3. The summed E-state index contributed by atoms with van der Waals surface area (Å²) in [5.74, 6) is 0.342. The fourth-order valence-corrected chi connectivity index (χ4v) is 4.22. The molecular weight excluding hydrogens is 317 g/mol. The zero-order valence-corrected chi connectivity index (χ0v) is 11.5. The number of rotatable bonds is 4. The molecule has 0 fully saturated rings. The monoisotopic (exact) mass is 332 g/mol. The molecule has 4 heteroatoms. The number of fused-ring (bicyclic) bond motifs is 1. The molecule has 0 aliphatic carbocycles. The molecule has 0 radical (unpaired) electrons. The van der Waals surface area contributed by atoms with Gasteiger partial charge in [-0.3, -0.25) is 0 Å². The quantitative estimate of drug-likeness (QED) is 0.526. The van der Waals surface area contributed by atoms with Crippen molar-refractivity contribution in [2.75, 3.05) is 14.2 Å². The zero-order chi connectivity index (χ0) is 11.5. The van der Waals surface area contributed by atoms with Gasteiger partial charge in [-0.15, -0.1) is 0 Å². The van der Waals surface area contributed by atoms with E-state index < -0.39 is 0 Å². The number of benzene rings is 1. The third-order valence-corrected chi connectivity index (χ3v) is 5.29. The zero-order valence-electron chi connectivity index (χ0n) is 9.33. The van der Waals surface area contributed by atoms with Gasteiger partial charge in [-0.05, 0) is 0 Å². The summed E-state index contributed by atoms with van der Waals surface area (Å²) in [6.07, 6.45) is 0.895. The van der Waals surface area contributed by atoms with Gasteiger partial charge >= 0.3 is 106 Å². The second-order valence-electron chi connectivity index (χ2n) is 3.62. The second-order valence-corrected chi connectivity index (χ2v) is 6.03. The fraction of sp³-hybridized carbons (Fsp3) is 0.333. The number of hydrogen-bond donors (Lipinski definition) is 2. The van der Waals surface area contributed by atoms with Crippen LogP contribution >= 0.6 is 0 Å². The minimum atomic E-state index is -0.0295. The van der Waals surface area contributed by atoms with Crippen molar-refractivity contribution in [2.45, 2.75) is 12.6 Å². The molecule has 1 atom stereocenters. The average molecular weight is 332 g/mol. The molecule has 1 heterocycles. The van der Waals surface area contributed by atoms with Crippen molar-refractivity contribution in [1.29, 1.82) is 0 Å². The van der Waals surface area contributed by atoms with E-state index in [4.69, 9.17) is 4.74 Å². The van der Waals surface area contributed by atoms with Crippen molar-refractivity contribution >= 4 is 5.57 Å². The van der Waals surface area contributed by atoms with Crippen LogP contribution in [0.4, 0.5) is 0 Å². The molecule has 2 rings (SSSR count). The van der Waals surface area contributed by atoms with Crippen LogP contribution in [-0.2, 0) is 4.74 Å². The Morgan fingerprint density at radius 1 is 1.50 bits per heavy atom. The summed E-state index contributed by atoms with van der Waals surface area (Å²) in [5, 5.41) is 12.6. The molecule has 88 valence electrons. The molecule has 0 amide bonds. The number of nitrogens with one attached hydrogen (secondary N) is 1. The number of aromatic hydroxyl groups is 1. The maximum atomic E-state index is 9.50. The van der Waals surface area contributed by atoms with Gasteiger partial charge in [0.1, 0.15) is 0 Å². The minimum absolute atomic E-state index is 0.0295. The summed E-state index contributed by atoms with van der Waals surface area (Å²) in [5.41, 5.74) is 2.49. The van der Waals surface area contributed by atoms with Gasteiger partial charge in [0.25, 0.3) is 0 Å². The summed E-state index contributed by atoms with van der Waals surface area (Å²) < 4.78 is 9.00. The Morgan fingerprint density at radius 3 is 3.00 bits per heavy atom. The van der Waals surface area contributed by atoms with Crippen LogP contribution in [0.1, 0.15) is 12.0 Å². The first-order valence-electron chi connectivity index (χ1n) is 5.10. The van der Waals surface area contributed by atoms with E-state index in [1.807, 2.05) is 19.2 Å². The molecule has 1 aromatic carbocycles. The Labute approximate surface area is 106 Å². The molecular formula is C12H15INO2-. The van der Waals surface area contributed by atoms with Crippen molar-refractivity contribution in [2.24, 2.45) is 0 Å². The first-order chi connectivity index (χ1) is 7.74. The molecule has 3 nitrogen and oxygen atoms in total. The van der Waals surface area contributed by atoms with Crippen LogP contribution in [0.5, 0.6) is 5.75 Å². The first-order valence-corrected chi connectivity index (χ1v) is 7.43. The first kappa shape index (κ1) is 11.9. The number of phenols is 1. The van der Waals surface area contributed by atoms with E-state index in [0.717, 1.165) is 6.42 Å². The van der Waals surface area contributed by atoms with Crippen molar-refractivity contribution in [3.8, 4) is 5.75 Å². The summed E-state index contributed by atoms with van der Waals surface area (Å²) in [7, 11) is 3.59. The maximum absolute atomic E-state index is 9.50. The third kappa shape index (κ3) is 2.39. The molecule has 1 aliphatic rings. The molecule has 2 N–H and O–H groups in total. The van der Waals surface area contributed by atoms with Crippen LogP contribution in [0.15, 0.2) is 22.3 Å². The van der Waals surface area contributed by atoms with Crippen molar-refractivity contribution in [1.82, 2.24) is 5.32 Å². The van der Waals surface area contributed by atoms with Crippen LogP contribution < -0.4 is 26.5 Å². The van der Waals surface area contributed by atoms with E-state index in [1.165, 1.54) is 14.7 Å². The van der Waals surface area contributed by atoms with E-state index in [0.29, 0.717) is 5.75 Å². The van der Waals surface area contributed by atoms with E-state index in [9.17, 15) is 5.11 Å². The van der Waals surface area contributed by atoms with Gasteiger partial charge in [-0.25, -0.2) is 0 Å². The predicted octanol–water partition coefficient (Wildman–Crippen LogP) is -1.41. The van der Waals surface area contributed by atoms with Gasteiger partial charge in [0.05, 0.1) is 0 Å². The van der Waals surface area contributed by atoms with E-state index >= 15 is 0 Å². The summed E-state index contributed by atoms with van der Waals surface area (Å²) in [6.45, 7) is 0. The van der Waals surface area contributed by atoms with Crippen LogP contribution in [0.3, 0.4) is 0 Å². The molecule has 0 bridgehead atoms. The number of methoxy groups -OCH3 is 1. The molecule has 1 unspecified atom stereocenters. The molecule has 0 saturated carbocycles. The molecule has 16 heavy (non-hydrogen) atoms. The molecule has 0 aromatic heterocycles. The Bertz CT molecular complexity index is 413. The van der Waals surface area contributed by atoms with Crippen molar-refractivity contribution < 1.29 is 31.0 Å². The van der Waals surface area contributed by atoms with Gasteiger partial charge in [0, 0.05) is 0 Å². The molecule has 0 saturated heterocycles. The molecule has 1 aromatic rings. The molecule has 1 aliphatic heterocycles. The average Bonchev–Trinajstić information content (AvgIpc) is 2.68. The second kappa shape index (κ2) is 5.16. The standard InChI is InChI=1S/C12H15INO2/c1-14-12(16-2)5-8-7-13-11-4-3-9(15)6-10(8)11/h3-4,6-7,12,14-15H,5H2,1-2H3/q-1. The van der Waals surface area contributed by atoms with Crippen LogP contribution in [-0.4, -0.2) is 25.5 Å². The topological polar surface area (TPSA) is 41.5 Å². The van der Waals surface area contributed by atoms with Crippen LogP contribution in [0, 0.1) is 3.57 Å². The summed E-state index contributed by atoms with van der Waals surface area (Å²) in [6, 6.07) is 5.65.